The smallest absolute Gasteiger partial charge is 0.253 e. The van der Waals surface area contributed by atoms with E-state index in [1.807, 2.05) is 31.0 Å². The number of nitrogens with zero attached hydrogens (tertiary/aromatic N) is 1. The lowest BCUT2D eigenvalue weighted by Gasteiger charge is -2.27. The first-order valence-electron chi connectivity index (χ1n) is 7.19. The van der Waals surface area contributed by atoms with Crippen LogP contribution in [0, 0.1) is 12.8 Å². The maximum absolute atomic E-state index is 12.5. The Bertz CT molecular complexity index is 450. The number of carbonyl (C=O) groups excluding carboxylic acids is 1. The molecule has 1 aliphatic rings. The van der Waals surface area contributed by atoms with Crippen LogP contribution in [0.5, 0.6) is 0 Å². The lowest BCUT2D eigenvalue weighted by atomic mass is 9.89. The Hall–Kier alpha value is -1.51. The number of benzene rings is 1. The van der Waals surface area contributed by atoms with Crippen LogP contribution in [0.15, 0.2) is 18.2 Å². The average Bonchev–Trinajstić information content (AvgIpc) is 2.42. The zero-order valence-electron chi connectivity index (χ0n) is 12.0. The van der Waals surface area contributed by atoms with E-state index < -0.39 is 0 Å². The van der Waals surface area contributed by atoms with Crippen molar-refractivity contribution in [2.75, 3.05) is 19.3 Å². The number of rotatable bonds is 3. The number of carbonyl (C=O) groups is 1. The van der Waals surface area contributed by atoms with Crippen LogP contribution in [0.3, 0.4) is 0 Å². The standard InChI is InChI=1S/C16H24N2O/c1-12-8-9-14(17)10-15(12)16(19)18(2)11-13-6-4-3-5-7-13/h8-10,13H,3-7,11,17H2,1-2H3. The minimum absolute atomic E-state index is 0.0929. The monoisotopic (exact) mass is 260 g/mol. The molecule has 1 fully saturated rings. The van der Waals surface area contributed by atoms with Gasteiger partial charge in [-0.25, -0.2) is 0 Å². The second-order valence-corrected chi connectivity index (χ2v) is 5.76. The van der Waals surface area contributed by atoms with Crippen LogP contribution in [-0.2, 0) is 0 Å². The second kappa shape index (κ2) is 6.09. The summed E-state index contributed by atoms with van der Waals surface area (Å²) in [5.74, 6) is 0.763. The van der Waals surface area contributed by atoms with E-state index in [0.717, 1.165) is 17.7 Å². The van der Waals surface area contributed by atoms with E-state index in [9.17, 15) is 4.79 Å². The Labute approximate surface area is 115 Å². The van der Waals surface area contributed by atoms with Crippen molar-refractivity contribution in [1.82, 2.24) is 4.90 Å². The molecule has 19 heavy (non-hydrogen) atoms. The van der Waals surface area contributed by atoms with Gasteiger partial charge in [0.25, 0.3) is 5.91 Å². The van der Waals surface area contributed by atoms with Crippen LogP contribution in [0.25, 0.3) is 0 Å². The first-order chi connectivity index (χ1) is 9.08. The number of anilines is 1. The molecule has 0 radical (unpaired) electrons. The Kier molecular flexibility index (Phi) is 4.46. The Morgan fingerprint density at radius 2 is 2.00 bits per heavy atom. The van der Waals surface area contributed by atoms with E-state index in [0.29, 0.717) is 11.6 Å². The van der Waals surface area contributed by atoms with Crippen molar-refractivity contribution in [2.24, 2.45) is 5.92 Å². The molecule has 1 aliphatic carbocycles. The number of hydrogen-bond acceptors (Lipinski definition) is 2. The molecular formula is C16H24N2O. The number of aryl methyl sites for hydroxylation is 1. The number of hydrogen-bond donors (Lipinski definition) is 1. The van der Waals surface area contributed by atoms with Gasteiger partial charge < -0.3 is 10.6 Å². The molecule has 1 aromatic carbocycles. The molecular weight excluding hydrogens is 236 g/mol. The zero-order valence-corrected chi connectivity index (χ0v) is 12.0. The van der Waals surface area contributed by atoms with Crippen LogP contribution in [0.4, 0.5) is 5.69 Å². The van der Waals surface area contributed by atoms with E-state index in [1.165, 1.54) is 32.1 Å². The van der Waals surface area contributed by atoms with Crippen LogP contribution >= 0.6 is 0 Å². The first-order valence-corrected chi connectivity index (χ1v) is 7.19. The number of nitrogens with two attached hydrogens (primary N) is 1. The summed E-state index contributed by atoms with van der Waals surface area (Å²) in [6.45, 7) is 2.83. The van der Waals surface area contributed by atoms with Gasteiger partial charge in [0.1, 0.15) is 0 Å². The highest BCUT2D eigenvalue weighted by molar-refractivity contribution is 5.96. The molecule has 1 aromatic rings. The highest BCUT2D eigenvalue weighted by atomic mass is 16.2. The van der Waals surface area contributed by atoms with Gasteiger partial charge in [-0.1, -0.05) is 25.3 Å². The molecule has 0 spiro atoms. The van der Waals surface area contributed by atoms with Gasteiger partial charge in [-0.05, 0) is 43.4 Å². The van der Waals surface area contributed by atoms with Gasteiger partial charge in [0.2, 0.25) is 0 Å². The fourth-order valence-corrected chi connectivity index (χ4v) is 2.92. The highest BCUT2D eigenvalue weighted by Gasteiger charge is 2.20. The molecule has 0 bridgehead atoms. The topological polar surface area (TPSA) is 46.3 Å². The van der Waals surface area contributed by atoms with Gasteiger partial charge in [-0.2, -0.15) is 0 Å². The van der Waals surface area contributed by atoms with Gasteiger partial charge in [-0.15, -0.1) is 0 Å². The number of nitrogen functional groups attached to an aromatic ring is 1. The minimum Gasteiger partial charge on any atom is -0.399 e. The molecule has 0 aromatic heterocycles. The summed E-state index contributed by atoms with van der Waals surface area (Å²) >= 11 is 0. The van der Waals surface area contributed by atoms with Crippen LogP contribution < -0.4 is 5.73 Å². The fraction of sp³-hybridized carbons (Fsp3) is 0.562. The lowest BCUT2D eigenvalue weighted by molar-refractivity contribution is 0.0760. The van der Waals surface area contributed by atoms with Gasteiger partial charge in [0.15, 0.2) is 0 Å². The highest BCUT2D eigenvalue weighted by Crippen LogP contribution is 2.25. The average molecular weight is 260 g/mol. The summed E-state index contributed by atoms with van der Waals surface area (Å²) in [7, 11) is 1.90. The molecule has 0 heterocycles. The van der Waals surface area contributed by atoms with Crippen LogP contribution in [0.2, 0.25) is 0 Å². The lowest BCUT2D eigenvalue weighted by Crippen LogP contribution is -2.33. The van der Waals surface area contributed by atoms with Crippen molar-refractivity contribution < 1.29 is 4.79 Å². The summed E-state index contributed by atoms with van der Waals surface area (Å²) in [5.41, 5.74) is 8.16. The SMILES string of the molecule is Cc1ccc(N)cc1C(=O)N(C)CC1CCCCC1. The summed E-state index contributed by atoms with van der Waals surface area (Å²) in [5, 5.41) is 0. The Balaban J connectivity index is 2.03. The van der Waals surface area contributed by atoms with Crippen molar-refractivity contribution in [2.45, 2.75) is 39.0 Å². The molecule has 3 heteroatoms. The van der Waals surface area contributed by atoms with Gasteiger partial charge >= 0.3 is 0 Å². The van der Waals surface area contributed by atoms with Crippen molar-refractivity contribution >= 4 is 11.6 Å². The van der Waals surface area contributed by atoms with E-state index in [1.54, 1.807) is 6.07 Å². The predicted molar refractivity (Wildman–Crippen MR) is 79.1 cm³/mol. The molecule has 1 saturated carbocycles. The third-order valence-corrected chi connectivity index (χ3v) is 4.10. The molecule has 3 nitrogen and oxygen atoms in total. The normalized spacial score (nSPS) is 16.3. The maximum Gasteiger partial charge on any atom is 0.253 e. The zero-order chi connectivity index (χ0) is 13.8. The molecule has 0 unspecified atom stereocenters. The molecule has 1 amide bonds. The Morgan fingerprint density at radius 3 is 2.68 bits per heavy atom. The van der Waals surface area contributed by atoms with Gasteiger partial charge in [-0.3, -0.25) is 4.79 Å². The number of amides is 1. The van der Waals surface area contributed by atoms with Crippen molar-refractivity contribution in [3.8, 4) is 0 Å². The van der Waals surface area contributed by atoms with Crippen molar-refractivity contribution in [3.63, 3.8) is 0 Å². The van der Waals surface area contributed by atoms with E-state index >= 15 is 0 Å². The third kappa shape index (κ3) is 3.49. The summed E-state index contributed by atoms with van der Waals surface area (Å²) < 4.78 is 0. The van der Waals surface area contributed by atoms with Crippen molar-refractivity contribution in [3.05, 3.63) is 29.3 Å². The Morgan fingerprint density at radius 1 is 1.32 bits per heavy atom. The molecule has 2 N–H and O–H groups in total. The summed E-state index contributed by atoms with van der Waals surface area (Å²) in [4.78, 5) is 14.3. The largest absolute Gasteiger partial charge is 0.399 e. The van der Waals surface area contributed by atoms with E-state index in [2.05, 4.69) is 0 Å². The first kappa shape index (κ1) is 13.9. The molecule has 2 rings (SSSR count). The summed E-state index contributed by atoms with van der Waals surface area (Å²) in [6, 6.07) is 5.54. The molecule has 0 aliphatic heterocycles. The van der Waals surface area contributed by atoms with Crippen molar-refractivity contribution in [1.29, 1.82) is 0 Å². The van der Waals surface area contributed by atoms with E-state index in [4.69, 9.17) is 5.73 Å². The predicted octanol–water partition coefficient (Wildman–Crippen LogP) is 3.23. The quantitative estimate of drug-likeness (QED) is 0.848. The fourth-order valence-electron chi connectivity index (χ4n) is 2.92. The van der Waals surface area contributed by atoms with Gasteiger partial charge in [0, 0.05) is 24.8 Å². The third-order valence-electron chi connectivity index (χ3n) is 4.10. The maximum atomic E-state index is 12.5. The van der Waals surface area contributed by atoms with Crippen LogP contribution in [-0.4, -0.2) is 24.4 Å². The molecule has 104 valence electrons. The molecule has 0 saturated heterocycles. The minimum atomic E-state index is 0.0929. The molecule has 0 atom stereocenters. The van der Waals surface area contributed by atoms with Gasteiger partial charge in [0.05, 0.1) is 0 Å². The van der Waals surface area contributed by atoms with Crippen LogP contribution in [0.1, 0.15) is 48.0 Å². The summed E-state index contributed by atoms with van der Waals surface area (Å²) in [6.07, 6.45) is 6.48. The van der Waals surface area contributed by atoms with E-state index in [-0.39, 0.29) is 5.91 Å². The second-order valence-electron chi connectivity index (χ2n) is 5.76.